The van der Waals surface area contributed by atoms with Crippen molar-refractivity contribution in [2.45, 2.75) is 20.0 Å². The minimum absolute atomic E-state index is 0.105. The van der Waals surface area contributed by atoms with E-state index in [0.29, 0.717) is 12.1 Å². The number of nitrogens with one attached hydrogen (secondary N) is 1. The maximum absolute atomic E-state index is 12.0. The molecule has 0 spiro atoms. The van der Waals surface area contributed by atoms with E-state index in [1.807, 2.05) is 17.7 Å². The van der Waals surface area contributed by atoms with Gasteiger partial charge in [-0.3, -0.25) is 9.48 Å². The minimum Gasteiger partial charge on any atom is -0.497 e. The van der Waals surface area contributed by atoms with Gasteiger partial charge in [-0.15, -0.1) is 0 Å². The molecule has 19 heavy (non-hydrogen) atoms. The van der Waals surface area contributed by atoms with Crippen LogP contribution in [0, 0.1) is 0 Å². The van der Waals surface area contributed by atoms with E-state index >= 15 is 0 Å². The topological polar surface area (TPSA) is 56.2 Å². The van der Waals surface area contributed by atoms with Crippen molar-refractivity contribution in [1.82, 2.24) is 15.1 Å². The summed E-state index contributed by atoms with van der Waals surface area (Å²) in [7, 11) is 1.60. The number of aryl methyl sites for hydroxylation is 1. The molecule has 0 saturated heterocycles. The predicted octanol–water partition coefficient (Wildman–Crippen LogP) is 1.84. The number of aromatic nitrogens is 2. The highest BCUT2D eigenvalue weighted by molar-refractivity contribution is 5.94. The summed E-state index contributed by atoms with van der Waals surface area (Å²) in [6, 6.07) is 8.92. The molecular weight excluding hydrogens is 242 g/mol. The Morgan fingerprint density at radius 2 is 2.05 bits per heavy atom. The van der Waals surface area contributed by atoms with Gasteiger partial charge in [-0.1, -0.05) is 0 Å². The molecule has 0 aliphatic rings. The molecule has 5 heteroatoms. The zero-order valence-corrected chi connectivity index (χ0v) is 11.1. The number of hydrogen-bond donors (Lipinski definition) is 1. The van der Waals surface area contributed by atoms with Crippen LogP contribution in [0.25, 0.3) is 0 Å². The van der Waals surface area contributed by atoms with Crippen molar-refractivity contribution < 1.29 is 9.53 Å². The number of carbonyl (C=O) groups excluding carboxylic acids is 1. The molecule has 1 aromatic heterocycles. The lowest BCUT2D eigenvalue weighted by molar-refractivity contribution is 0.0950. The van der Waals surface area contributed by atoms with E-state index in [0.717, 1.165) is 18.0 Å². The molecule has 2 aromatic rings. The molecule has 0 aliphatic carbocycles. The zero-order chi connectivity index (χ0) is 13.7. The molecule has 1 amide bonds. The van der Waals surface area contributed by atoms with E-state index in [1.165, 1.54) is 0 Å². The summed E-state index contributed by atoms with van der Waals surface area (Å²) >= 11 is 0. The SMILES string of the molecule is CCn1nccc1CNC(=O)c1ccc(OC)cc1. The van der Waals surface area contributed by atoms with Crippen LogP contribution in [0.4, 0.5) is 0 Å². The van der Waals surface area contributed by atoms with Crippen molar-refractivity contribution >= 4 is 5.91 Å². The molecular formula is C14H17N3O2. The third-order valence-electron chi connectivity index (χ3n) is 2.89. The van der Waals surface area contributed by atoms with Gasteiger partial charge in [-0.2, -0.15) is 5.10 Å². The molecule has 0 aliphatic heterocycles. The van der Waals surface area contributed by atoms with E-state index in [-0.39, 0.29) is 5.91 Å². The molecule has 0 bridgehead atoms. The molecule has 100 valence electrons. The highest BCUT2D eigenvalue weighted by atomic mass is 16.5. The van der Waals surface area contributed by atoms with Gasteiger partial charge >= 0.3 is 0 Å². The van der Waals surface area contributed by atoms with Crippen LogP contribution in [0.5, 0.6) is 5.75 Å². The Kier molecular flexibility index (Phi) is 4.18. The van der Waals surface area contributed by atoms with Crippen molar-refractivity contribution in [3.8, 4) is 5.75 Å². The van der Waals surface area contributed by atoms with Gasteiger partial charge in [-0.05, 0) is 37.3 Å². The highest BCUT2D eigenvalue weighted by Gasteiger charge is 2.07. The molecule has 0 unspecified atom stereocenters. The smallest absolute Gasteiger partial charge is 0.251 e. The van der Waals surface area contributed by atoms with Crippen LogP contribution in [0.1, 0.15) is 23.0 Å². The summed E-state index contributed by atoms with van der Waals surface area (Å²) in [5, 5.41) is 7.03. The Balaban J connectivity index is 1.97. The van der Waals surface area contributed by atoms with Gasteiger partial charge in [-0.25, -0.2) is 0 Å². The lowest BCUT2D eigenvalue weighted by atomic mass is 10.2. The Labute approximate surface area is 112 Å². The summed E-state index contributed by atoms with van der Waals surface area (Å²) < 4.78 is 6.91. The number of amides is 1. The molecule has 0 saturated carbocycles. The Morgan fingerprint density at radius 3 is 2.68 bits per heavy atom. The largest absolute Gasteiger partial charge is 0.497 e. The van der Waals surface area contributed by atoms with Gasteiger partial charge in [0, 0.05) is 18.3 Å². The molecule has 1 N–H and O–H groups in total. The molecule has 5 nitrogen and oxygen atoms in total. The van der Waals surface area contributed by atoms with Gasteiger partial charge in [0.25, 0.3) is 5.91 Å². The van der Waals surface area contributed by atoms with Crippen molar-refractivity contribution in [3.05, 3.63) is 47.8 Å². The van der Waals surface area contributed by atoms with E-state index in [1.54, 1.807) is 37.6 Å². The second-order valence-electron chi connectivity index (χ2n) is 4.05. The lowest BCUT2D eigenvalue weighted by Crippen LogP contribution is -2.24. The second kappa shape index (κ2) is 6.04. The summed E-state index contributed by atoms with van der Waals surface area (Å²) in [5.41, 5.74) is 1.60. The number of benzene rings is 1. The summed E-state index contributed by atoms with van der Waals surface area (Å²) in [4.78, 5) is 12.0. The van der Waals surface area contributed by atoms with Crippen LogP contribution in [-0.4, -0.2) is 22.8 Å². The molecule has 1 aromatic carbocycles. The first-order valence-electron chi connectivity index (χ1n) is 6.17. The van der Waals surface area contributed by atoms with E-state index in [9.17, 15) is 4.79 Å². The van der Waals surface area contributed by atoms with E-state index < -0.39 is 0 Å². The average molecular weight is 259 g/mol. The molecule has 0 radical (unpaired) electrons. The number of rotatable bonds is 5. The van der Waals surface area contributed by atoms with Gasteiger partial charge in [0.15, 0.2) is 0 Å². The highest BCUT2D eigenvalue weighted by Crippen LogP contribution is 2.11. The molecule has 1 heterocycles. The average Bonchev–Trinajstić information content (AvgIpc) is 2.92. The number of hydrogen-bond acceptors (Lipinski definition) is 3. The van der Waals surface area contributed by atoms with E-state index in [2.05, 4.69) is 10.4 Å². The van der Waals surface area contributed by atoms with Crippen molar-refractivity contribution in [3.63, 3.8) is 0 Å². The third kappa shape index (κ3) is 3.13. The summed E-state index contributed by atoms with van der Waals surface area (Å²) in [5.74, 6) is 0.632. The fraction of sp³-hybridized carbons (Fsp3) is 0.286. The normalized spacial score (nSPS) is 10.2. The van der Waals surface area contributed by atoms with E-state index in [4.69, 9.17) is 4.74 Å². The van der Waals surface area contributed by atoms with Crippen molar-refractivity contribution in [1.29, 1.82) is 0 Å². The van der Waals surface area contributed by atoms with Gasteiger partial charge in [0.05, 0.1) is 19.3 Å². The Morgan fingerprint density at radius 1 is 1.32 bits per heavy atom. The third-order valence-corrected chi connectivity index (χ3v) is 2.89. The molecule has 0 fully saturated rings. The molecule has 2 rings (SSSR count). The minimum atomic E-state index is -0.105. The Bertz CT molecular complexity index is 546. The quantitative estimate of drug-likeness (QED) is 0.891. The first-order valence-corrected chi connectivity index (χ1v) is 6.17. The van der Waals surface area contributed by atoms with Crippen LogP contribution < -0.4 is 10.1 Å². The maximum atomic E-state index is 12.0. The molecule has 0 atom stereocenters. The van der Waals surface area contributed by atoms with Gasteiger partial charge in [0.2, 0.25) is 0 Å². The summed E-state index contributed by atoms with van der Waals surface area (Å²) in [6.45, 7) is 3.28. The Hall–Kier alpha value is -2.30. The number of carbonyl (C=O) groups is 1. The van der Waals surface area contributed by atoms with Crippen LogP contribution in [0.2, 0.25) is 0 Å². The van der Waals surface area contributed by atoms with Crippen molar-refractivity contribution in [2.75, 3.05) is 7.11 Å². The van der Waals surface area contributed by atoms with Crippen LogP contribution in [0.3, 0.4) is 0 Å². The van der Waals surface area contributed by atoms with Gasteiger partial charge in [0.1, 0.15) is 5.75 Å². The fourth-order valence-corrected chi connectivity index (χ4v) is 1.81. The van der Waals surface area contributed by atoms with Crippen molar-refractivity contribution in [2.24, 2.45) is 0 Å². The van der Waals surface area contributed by atoms with Gasteiger partial charge < -0.3 is 10.1 Å². The second-order valence-corrected chi connectivity index (χ2v) is 4.05. The number of nitrogens with zero attached hydrogens (tertiary/aromatic N) is 2. The standard InChI is InChI=1S/C14H17N3O2/c1-3-17-12(8-9-16-17)10-15-14(18)11-4-6-13(19-2)7-5-11/h4-9H,3,10H2,1-2H3,(H,15,18). The fourth-order valence-electron chi connectivity index (χ4n) is 1.81. The zero-order valence-electron chi connectivity index (χ0n) is 11.1. The number of ether oxygens (including phenoxy) is 1. The number of methoxy groups -OCH3 is 1. The first-order chi connectivity index (χ1) is 9.24. The predicted molar refractivity (Wildman–Crippen MR) is 72.1 cm³/mol. The first kappa shape index (κ1) is 13.1. The maximum Gasteiger partial charge on any atom is 0.251 e. The van der Waals surface area contributed by atoms with Crippen LogP contribution in [0.15, 0.2) is 36.5 Å². The van der Waals surface area contributed by atoms with Crippen LogP contribution in [-0.2, 0) is 13.1 Å². The monoisotopic (exact) mass is 259 g/mol. The van der Waals surface area contributed by atoms with Crippen LogP contribution >= 0.6 is 0 Å². The summed E-state index contributed by atoms with van der Waals surface area (Å²) in [6.07, 6.45) is 1.73. The lowest BCUT2D eigenvalue weighted by Gasteiger charge is -2.07.